The quantitative estimate of drug-likeness (QED) is 0.723. The van der Waals surface area contributed by atoms with Crippen LogP contribution in [0, 0.1) is 11.8 Å². The number of nitrogens with one attached hydrogen (secondary N) is 1. The molecule has 1 aliphatic heterocycles. The first-order valence-corrected chi connectivity index (χ1v) is 6.75. The molecule has 2 nitrogen and oxygen atoms in total. The highest BCUT2D eigenvalue weighted by atomic mass is 35.5. The van der Waals surface area contributed by atoms with Gasteiger partial charge in [-0.15, -0.1) is 11.6 Å². The highest BCUT2D eigenvalue weighted by molar-refractivity contribution is 6.20. The van der Waals surface area contributed by atoms with E-state index in [1.165, 1.54) is 5.57 Å². The van der Waals surface area contributed by atoms with Crippen LogP contribution in [0.3, 0.4) is 0 Å². The molecule has 0 aromatic carbocycles. The zero-order valence-corrected chi connectivity index (χ0v) is 11.7. The van der Waals surface area contributed by atoms with E-state index in [0.29, 0.717) is 6.54 Å². The van der Waals surface area contributed by atoms with Gasteiger partial charge in [0.1, 0.15) is 0 Å². The maximum atomic E-state index is 12.7. The standard InChI is InChI=1S/C13H24ClFN2/c1-9(7-15)6-13(3)12(10(2)14)11(4-5-16)8-17-13/h8-10,12,17H,4-7,16H2,1-3H3. The molecule has 4 heteroatoms. The van der Waals surface area contributed by atoms with E-state index in [2.05, 4.69) is 12.2 Å². The number of nitrogens with two attached hydrogens (primary N) is 1. The first-order valence-electron chi connectivity index (χ1n) is 6.31. The van der Waals surface area contributed by atoms with Crippen molar-refractivity contribution in [3.8, 4) is 0 Å². The van der Waals surface area contributed by atoms with Gasteiger partial charge in [0.15, 0.2) is 0 Å². The molecule has 4 atom stereocenters. The molecule has 17 heavy (non-hydrogen) atoms. The molecular formula is C13H24ClFN2. The molecule has 3 N–H and O–H groups in total. The van der Waals surface area contributed by atoms with E-state index in [0.717, 1.165) is 12.8 Å². The van der Waals surface area contributed by atoms with Crippen LogP contribution in [0.2, 0.25) is 0 Å². The van der Waals surface area contributed by atoms with Crippen molar-refractivity contribution in [2.75, 3.05) is 13.2 Å². The highest BCUT2D eigenvalue weighted by Crippen LogP contribution is 2.40. The van der Waals surface area contributed by atoms with Crippen LogP contribution in [-0.2, 0) is 0 Å². The summed E-state index contributed by atoms with van der Waals surface area (Å²) in [6.45, 7) is 6.41. The fourth-order valence-electron chi connectivity index (χ4n) is 3.01. The van der Waals surface area contributed by atoms with Gasteiger partial charge in [0.2, 0.25) is 0 Å². The predicted octanol–water partition coefficient (Wildman–Crippen LogP) is 2.82. The molecule has 0 spiro atoms. The zero-order valence-electron chi connectivity index (χ0n) is 11.0. The summed E-state index contributed by atoms with van der Waals surface area (Å²) in [7, 11) is 0. The normalized spacial score (nSPS) is 31.9. The van der Waals surface area contributed by atoms with Gasteiger partial charge in [-0.1, -0.05) is 6.92 Å². The predicted molar refractivity (Wildman–Crippen MR) is 71.9 cm³/mol. The lowest BCUT2D eigenvalue weighted by Crippen LogP contribution is -2.46. The van der Waals surface area contributed by atoms with Crippen LogP contribution in [0.4, 0.5) is 4.39 Å². The van der Waals surface area contributed by atoms with Crippen LogP contribution in [0.25, 0.3) is 0 Å². The van der Waals surface area contributed by atoms with Gasteiger partial charge in [-0.25, -0.2) is 0 Å². The van der Waals surface area contributed by atoms with Crippen molar-refractivity contribution >= 4 is 11.6 Å². The van der Waals surface area contributed by atoms with Crippen LogP contribution >= 0.6 is 11.6 Å². The van der Waals surface area contributed by atoms with Crippen molar-refractivity contribution < 1.29 is 4.39 Å². The Balaban J connectivity index is 2.80. The van der Waals surface area contributed by atoms with Gasteiger partial charge in [0, 0.05) is 16.8 Å². The fourth-order valence-corrected chi connectivity index (χ4v) is 3.45. The van der Waals surface area contributed by atoms with Crippen LogP contribution in [0.15, 0.2) is 11.8 Å². The maximum Gasteiger partial charge on any atom is 0.0920 e. The lowest BCUT2D eigenvalue weighted by Gasteiger charge is -2.37. The van der Waals surface area contributed by atoms with Crippen molar-refractivity contribution in [2.45, 2.75) is 44.5 Å². The van der Waals surface area contributed by atoms with Gasteiger partial charge in [-0.05, 0) is 50.9 Å². The monoisotopic (exact) mass is 262 g/mol. The number of hydrogen-bond donors (Lipinski definition) is 2. The molecule has 1 rings (SSSR count). The minimum Gasteiger partial charge on any atom is -0.385 e. The number of halogens is 2. The van der Waals surface area contributed by atoms with Gasteiger partial charge in [-0.2, -0.15) is 0 Å². The number of rotatable bonds is 6. The van der Waals surface area contributed by atoms with Gasteiger partial charge >= 0.3 is 0 Å². The van der Waals surface area contributed by atoms with E-state index in [4.69, 9.17) is 17.3 Å². The summed E-state index contributed by atoms with van der Waals surface area (Å²) in [5.41, 5.74) is 6.74. The Labute approximate surface area is 109 Å². The second kappa shape index (κ2) is 6.05. The average molecular weight is 263 g/mol. The summed E-state index contributed by atoms with van der Waals surface area (Å²) >= 11 is 6.31. The van der Waals surface area contributed by atoms with Crippen molar-refractivity contribution in [1.29, 1.82) is 0 Å². The number of alkyl halides is 2. The Kier molecular flexibility index (Phi) is 5.26. The molecule has 0 bridgehead atoms. The van der Waals surface area contributed by atoms with E-state index >= 15 is 0 Å². The lowest BCUT2D eigenvalue weighted by molar-refractivity contribution is 0.226. The SMILES string of the molecule is CC(CF)CC1(C)NC=C(CCN)C1C(C)Cl. The van der Waals surface area contributed by atoms with Crippen LogP contribution in [0.1, 0.15) is 33.6 Å². The minimum absolute atomic E-state index is 0.0274. The molecule has 1 heterocycles. The van der Waals surface area contributed by atoms with E-state index in [9.17, 15) is 4.39 Å². The van der Waals surface area contributed by atoms with Gasteiger partial charge in [0.25, 0.3) is 0 Å². The van der Waals surface area contributed by atoms with Gasteiger partial charge in [-0.3, -0.25) is 4.39 Å². The largest absolute Gasteiger partial charge is 0.385 e. The minimum atomic E-state index is -0.285. The molecule has 0 saturated carbocycles. The van der Waals surface area contributed by atoms with Gasteiger partial charge < -0.3 is 11.1 Å². The molecular weight excluding hydrogens is 239 g/mol. The third-order valence-electron chi connectivity index (χ3n) is 3.60. The Hall–Kier alpha value is -0.280. The van der Waals surface area contributed by atoms with E-state index in [-0.39, 0.29) is 29.4 Å². The highest BCUT2D eigenvalue weighted by Gasteiger charge is 2.42. The summed E-state index contributed by atoms with van der Waals surface area (Å²) in [6, 6.07) is 0. The topological polar surface area (TPSA) is 38.0 Å². The Bertz CT molecular complexity index is 281. The smallest absolute Gasteiger partial charge is 0.0920 e. The van der Waals surface area contributed by atoms with Crippen molar-refractivity contribution in [3.05, 3.63) is 11.8 Å². The molecule has 100 valence electrons. The second-order valence-electron chi connectivity index (χ2n) is 5.44. The van der Waals surface area contributed by atoms with E-state index in [1.807, 2.05) is 20.0 Å². The Morgan fingerprint density at radius 3 is 2.71 bits per heavy atom. The van der Waals surface area contributed by atoms with Crippen LogP contribution in [-0.4, -0.2) is 24.1 Å². The molecule has 0 radical (unpaired) electrons. The first-order chi connectivity index (χ1) is 7.94. The molecule has 0 aromatic heterocycles. The maximum absolute atomic E-state index is 12.7. The molecule has 0 fully saturated rings. The van der Waals surface area contributed by atoms with Gasteiger partial charge in [0.05, 0.1) is 6.67 Å². The van der Waals surface area contributed by atoms with Crippen LogP contribution in [0.5, 0.6) is 0 Å². The summed E-state index contributed by atoms with van der Waals surface area (Å²) < 4.78 is 12.7. The third-order valence-corrected chi connectivity index (χ3v) is 3.85. The van der Waals surface area contributed by atoms with Crippen molar-refractivity contribution in [2.24, 2.45) is 17.6 Å². The van der Waals surface area contributed by atoms with E-state index < -0.39 is 0 Å². The number of hydrogen-bond acceptors (Lipinski definition) is 2. The molecule has 0 aromatic rings. The zero-order chi connectivity index (χ0) is 13.1. The fraction of sp³-hybridized carbons (Fsp3) is 0.846. The summed E-state index contributed by atoms with van der Waals surface area (Å²) in [5, 5.41) is 3.42. The molecule has 1 aliphatic rings. The second-order valence-corrected chi connectivity index (χ2v) is 6.13. The first kappa shape index (κ1) is 14.8. The Morgan fingerprint density at radius 2 is 2.24 bits per heavy atom. The molecule has 0 saturated heterocycles. The van der Waals surface area contributed by atoms with Crippen LogP contribution < -0.4 is 11.1 Å². The molecule has 4 unspecified atom stereocenters. The summed E-state index contributed by atoms with van der Waals surface area (Å²) in [4.78, 5) is 0. The molecule has 0 amide bonds. The Morgan fingerprint density at radius 1 is 1.59 bits per heavy atom. The average Bonchev–Trinajstić information content (AvgIpc) is 2.56. The molecule has 0 aliphatic carbocycles. The van der Waals surface area contributed by atoms with Crippen molar-refractivity contribution in [1.82, 2.24) is 5.32 Å². The van der Waals surface area contributed by atoms with Crippen molar-refractivity contribution in [3.63, 3.8) is 0 Å². The third kappa shape index (κ3) is 3.35. The lowest BCUT2D eigenvalue weighted by atomic mass is 9.75. The summed E-state index contributed by atoms with van der Waals surface area (Å²) in [5.74, 6) is 0.290. The summed E-state index contributed by atoms with van der Waals surface area (Å²) in [6.07, 6.45) is 3.67. The van der Waals surface area contributed by atoms with E-state index in [1.54, 1.807) is 0 Å².